The zero-order valence-corrected chi connectivity index (χ0v) is 10.3. The number of pyridine rings is 1. The predicted octanol–water partition coefficient (Wildman–Crippen LogP) is 2.16. The molecule has 0 saturated carbocycles. The van der Waals surface area contributed by atoms with E-state index in [1.165, 1.54) is 12.1 Å². The smallest absolute Gasteiger partial charge is 0.339 e. The van der Waals surface area contributed by atoms with Gasteiger partial charge in [-0.05, 0) is 23.8 Å². The molecule has 0 amide bonds. The Bertz CT molecular complexity index is 798. The van der Waals surface area contributed by atoms with E-state index in [-0.39, 0.29) is 23.4 Å². The maximum Gasteiger partial charge on any atom is 0.339 e. The van der Waals surface area contributed by atoms with E-state index in [0.29, 0.717) is 11.4 Å². The topological polar surface area (TPSA) is 67.5 Å². The highest BCUT2D eigenvalue weighted by molar-refractivity contribution is 5.94. The highest BCUT2D eigenvalue weighted by Crippen LogP contribution is 2.15. The Balaban J connectivity index is 2.08. The summed E-state index contributed by atoms with van der Waals surface area (Å²) in [6.45, 7) is 0. The van der Waals surface area contributed by atoms with Crippen molar-refractivity contribution >= 4 is 11.6 Å². The number of fused-ring (bicyclic) bond motifs is 1. The Morgan fingerprint density at radius 1 is 1.20 bits per heavy atom. The number of aromatic carboxylic acids is 1. The van der Waals surface area contributed by atoms with E-state index in [2.05, 4.69) is 10.2 Å². The third-order valence-corrected chi connectivity index (χ3v) is 3.04. The third kappa shape index (κ3) is 2.01. The van der Waals surface area contributed by atoms with Gasteiger partial charge in [-0.3, -0.25) is 4.40 Å². The maximum atomic E-state index is 13.6. The van der Waals surface area contributed by atoms with E-state index >= 15 is 0 Å². The second-order valence-electron chi connectivity index (χ2n) is 4.31. The van der Waals surface area contributed by atoms with Crippen LogP contribution in [0.1, 0.15) is 21.7 Å². The van der Waals surface area contributed by atoms with Crippen LogP contribution in [0.25, 0.3) is 5.65 Å². The van der Waals surface area contributed by atoms with Crippen LogP contribution in [0.4, 0.5) is 4.39 Å². The van der Waals surface area contributed by atoms with Gasteiger partial charge >= 0.3 is 5.97 Å². The monoisotopic (exact) mass is 271 g/mol. The Morgan fingerprint density at radius 3 is 2.75 bits per heavy atom. The molecule has 0 bridgehead atoms. The number of nitrogens with zero attached hydrogens (tertiary/aromatic N) is 3. The molecule has 3 aromatic rings. The van der Waals surface area contributed by atoms with Crippen molar-refractivity contribution < 1.29 is 14.3 Å². The summed E-state index contributed by atoms with van der Waals surface area (Å²) in [5.74, 6) is -0.896. The Morgan fingerprint density at radius 2 is 2.00 bits per heavy atom. The fraction of sp³-hybridized carbons (Fsp3) is 0.0714. The summed E-state index contributed by atoms with van der Waals surface area (Å²) in [6, 6.07) is 9.45. The number of hydrogen-bond acceptors (Lipinski definition) is 3. The maximum absolute atomic E-state index is 13.6. The number of halogens is 1. The van der Waals surface area contributed by atoms with Crippen molar-refractivity contribution in [2.75, 3.05) is 0 Å². The van der Waals surface area contributed by atoms with Crippen LogP contribution in [0.3, 0.4) is 0 Å². The number of hydrogen-bond donors (Lipinski definition) is 1. The van der Waals surface area contributed by atoms with Gasteiger partial charge in [-0.2, -0.15) is 0 Å². The van der Waals surface area contributed by atoms with E-state index < -0.39 is 5.97 Å². The average molecular weight is 271 g/mol. The first-order chi connectivity index (χ1) is 9.66. The zero-order chi connectivity index (χ0) is 14.1. The fourth-order valence-corrected chi connectivity index (χ4v) is 2.06. The molecule has 0 aliphatic heterocycles. The van der Waals surface area contributed by atoms with E-state index in [4.69, 9.17) is 5.11 Å². The lowest BCUT2D eigenvalue weighted by molar-refractivity contribution is 0.0698. The minimum atomic E-state index is -1.07. The van der Waals surface area contributed by atoms with Gasteiger partial charge in [0.05, 0.1) is 0 Å². The normalized spacial score (nSPS) is 10.8. The summed E-state index contributed by atoms with van der Waals surface area (Å²) in [7, 11) is 0. The van der Waals surface area contributed by atoms with Crippen molar-refractivity contribution in [1.29, 1.82) is 0 Å². The molecular formula is C14H10FN3O2. The first kappa shape index (κ1) is 12.3. The number of carboxylic acid groups (broad SMARTS) is 1. The van der Waals surface area contributed by atoms with Gasteiger partial charge in [-0.25, -0.2) is 9.18 Å². The quantitative estimate of drug-likeness (QED) is 0.792. The van der Waals surface area contributed by atoms with E-state index in [9.17, 15) is 9.18 Å². The molecule has 2 aromatic heterocycles. The van der Waals surface area contributed by atoms with Crippen LogP contribution in [0, 0.1) is 5.82 Å². The Hall–Kier alpha value is -2.76. The molecule has 0 aliphatic rings. The van der Waals surface area contributed by atoms with Gasteiger partial charge in [-0.1, -0.05) is 18.2 Å². The van der Waals surface area contributed by atoms with Crippen LogP contribution in [-0.4, -0.2) is 25.7 Å². The van der Waals surface area contributed by atoms with Gasteiger partial charge < -0.3 is 5.11 Å². The number of carboxylic acids is 1. The minimum absolute atomic E-state index is 0.0692. The summed E-state index contributed by atoms with van der Waals surface area (Å²) in [6.07, 6.45) is 1.91. The van der Waals surface area contributed by atoms with Crippen molar-refractivity contribution in [3.05, 3.63) is 65.4 Å². The summed E-state index contributed by atoms with van der Waals surface area (Å²) in [5.41, 5.74) is 0.814. The molecule has 0 aliphatic carbocycles. The molecule has 1 aromatic carbocycles. The Labute approximate surface area is 113 Å². The largest absolute Gasteiger partial charge is 0.478 e. The van der Waals surface area contributed by atoms with Crippen molar-refractivity contribution in [3.8, 4) is 0 Å². The standard InChI is InChI=1S/C14H10FN3O2/c15-11-6-2-1-4-9(11)8-12-16-17-13-10(14(19)20)5-3-7-18(12)13/h1-7H,8H2,(H,19,20). The average Bonchev–Trinajstić information content (AvgIpc) is 2.84. The van der Waals surface area contributed by atoms with Crippen molar-refractivity contribution in [1.82, 2.24) is 14.6 Å². The summed E-state index contributed by atoms with van der Waals surface area (Å²) < 4.78 is 15.2. The molecule has 0 fully saturated rings. The lowest BCUT2D eigenvalue weighted by Crippen LogP contribution is -2.02. The predicted molar refractivity (Wildman–Crippen MR) is 69.2 cm³/mol. The van der Waals surface area contributed by atoms with Gasteiger partial charge in [-0.15, -0.1) is 10.2 Å². The first-order valence-electron chi connectivity index (χ1n) is 5.96. The van der Waals surface area contributed by atoms with Gasteiger partial charge in [0, 0.05) is 12.6 Å². The van der Waals surface area contributed by atoms with Gasteiger partial charge in [0.1, 0.15) is 17.2 Å². The molecule has 20 heavy (non-hydrogen) atoms. The van der Waals surface area contributed by atoms with Crippen LogP contribution in [0.15, 0.2) is 42.6 Å². The van der Waals surface area contributed by atoms with E-state index in [1.807, 2.05) is 0 Å². The molecule has 2 heterocycles. The van der Waals surface area contributed by atoms with Crippen molar-refractivity contribution in [2.24, 2.45) is 0 Å². The van der Waals surface area contributed by atoms with Crippen LogP contribution >= 0.6 is 0 Å². The number of aromatic nitrogens is 3. The van der Waals surface area contributed by atoms with Gasteiger partial charge in [0.2, 0.25) is 0 Å². The molecular weight excluding hydrogens is 261 g/mol. The highest BCUT2D eigenvalue weighted by atomic mass is 19.1. The Kier molecular flexibility index (Phi) is 2.90. The minimum Gasteiger partial charge on any atom is -0.478 e. The van der Waals surface area contributed by atoms with Crippen LogP contribution < -0.4 is 0 Å². The highest BCUT2D eigenvalue weighted by Gasteiger charge is 2.14. The molecule has 0 saturated heterocycles. The van der Waals surface area contributed by atoms with Crippen LogP contribution in [-0.2, 0) is 6.42 Å². The third-order valence-electron chi connectivity index (χ3n) is 3.04. The molecule has 6 heteroatoms. The molecule has 0 unspecified atom stereocenters. The number of rotatable bonds is 3. The lowest BCUT2D eigenvalue weighted by atomic mass is 10.1. The second-order valence-corrected chi connectivity index (χ2v) is 4.31. The van der Waals surface area contributed by atoms with Gasteiger partial charge in [0.25, 0.3) is 0 Å². The number of carbonyl (C=O) groups is 1. The zero-order valence-electron chi connectivity index (χ0n) is 10.3. The lowest BCUT2D eigenvalue weighted by Gasteiger charge is -2.02. The molecule has 3 rings (SSSR count). The van der Waals surface area contributed by atoms with Crippen LogP contribution in [0.5, 0.6) is 0 Å². The summed E-state index contributed by atoms with van der Waals surface area (Å²) >= 11 is 0. The number of benzene rings is 1. The molecule has 1 N–H and O–H groups in total. The second kappa shape index (κ2) is 4.73. The van der Waals surface area contributed by atoms with Crippen molar-refractivity contribution in [3.63, 3.8) is 0 Å². The summed E-state index contributed by atoms with van der Waals surface area (Å²) in [5, 5.41) is 16.9. The van der Waals surface area contributed by atoms with Gasteiger partial charge in [0.15, 0.2) is 5.65 Å². The SMILES string of the molecule is O=C(O)c1cccn2c(Cc3ccccc3F)nnc12. The van der Waals surface area contributed by atoms with Crippen molar-refractivity contribution in [2.45, 2.75) is 6.42 Å². The van der Waals surface area contributed by atoms with Crippen LogP contribution in [0.2, 0.25) is 0 Å². The first-order valence-corrected chi connectivity index (χ1v) is 5.96. The molecule has 5 nitrogen and oxygen atoms in total. The fourth-order valence-electron chi connectivity index (χ4n) is 2.06. The van der Waals surface area contributed by atoms with E-state index in [0.717, 1.165) is 0 Å². The molecule has 0 radical (unpaired) electrons. The molecule has 100 valence electrons. The molecule has 0 spiro atoms. The van der Waals surface area contributed by atoms with E-state index in [1.54, 1.807) is 34.9 Å². The molecule has 0 atom stereocenters. The summed E-state index contributed by atoms with van der Waals surface area (Å²) in [4.78, 5) is 11.1.